The number of anilines is 1. The second-order valence-electron chi connectivity index (χ2n) is 8.23. The van der Waals surface area contributed by atoms with Crippen molar-refractivity contribution in [1.29, 1.82) is 0 Å². The van der Waals surface area contributed by atoms with Crippen molar-refractivity contribution in [3.8, 4) is 0 Å². The zero-order valence-electron chi connectivity index (χ0n) is 17.3. The van der Waals surface area contributed by atoms with Crippen molar-refractivity contribution in [3.63, 3.8) is 0 Å². The average Bonchev–Trinajstić information content (AvgIpc) is 2.65. The first-order chi connectivity index (χ1) is 12.9. The number of nitrogens with zero attached hydrogens (tertiary/aromatic N) is 1. The first kappa shape index (κ1) is 21.4. The van der Waals surface area contributed by atoms with Crippen LogP contribution in [-0.2, 0) is 9.59 Å². The lowest BCUT2D eigenvalue weighted by Gasteiger charge is -2.27. The molecule has 0 aliphatic heterocycles. The number of carbonyl (C=O) groups is 2. The Bertz CT molecular complexity index is 620. The van der Waals surface area contributed by atoms with Gasteiger partial charge in [0.05, 0.1) is 0 Å². The van der Waals surface area contributed by atoms with Gasteiger partial charge in [0.15, 0.2) is 0 Å². The maximum Gasteiger partial charge on any atom is 0.227 e. The molecule has 5 nitrogen and oxygen atoms in total. The van der Waals surface area contributed by atoms with Gasteiger partial charge in [-0.3, -0.25) is 9.59 Å². The number of hydrogen-bond donors (Lipinski definition) is 2. The van der Waals surface area contributed by atoms with Crippen LogP contribution < -0.4 is 10.6 Å². The molecule has 1 saturated carbocycles. The molecule has 0 atom stereocenters. The smallest absolute Gasteiger partial charge is 0.227 e. The van der Waals surface area contributed by atoms with Gasteiger partial charge in [0.25, 0.3) is 0 Å². The summed E-state index contributed by atoms with van der Waals surface area (Å²) in [4.78, 5) is 27.1. The molecule has 5 heteroatoms. The molecule has 0 radical (unpaired) electrons. The molecule has 150 valence electrons. The van der Waals surface area contributed by atoms with Gasteiger partial charge in [-0.1, -0.05) is 32.0 Å². The number of carbonyl (C=O) groups excluding carboxylic acids is 2. The van der Waals surface area contributed by atoms with E-state index in [-0.39, 0.29) is 23.7 Å². The second-order valence-corrected chi connectivity index (χ2v) is 8.23. The maximum absolute atomic E-state index is 12.7. The molecule has 1 fully saturated rings. The normalized spacial score (nSPS) is 19.9. The molecule has 0 aromatic heterocycles. The van der Waals surface area contributed by atoms with Crippen molar-refractivity contribution in [2.75, 3.05) is 32.5 Å². The summed E-state index contributed by atoms with van der Waals surface area (Å²) >= 11 is 0. The topological polar surface area (TPSA) is 61.4 Å². The third-order valence-electron chi connectivity index (χ3n) is 5.39. The number of nitrogens with one attached hydrogen (secondary N) is 2. The van der Waals surface area contributed by atoms with Gasteiger partial charge < -0.3 is 15.5 Å². The summed E-state index contributed by atoms with van der Waals surface area (Å²) < 4.78 is 0. The van der Waals surface area contributed by atoms with Crippen LogP contribution in [-0.4, -0.2) is 43.9 Å². The summed E-state index contributed by atoms with van der Waals surface area (Å²) in [7, 11) is 4.07. The number of para-hydroxylation sites is 1. The van der Waals surface area contributed by atoms with Crippen LogP contribution in [0.1, 0.15) is 57.4 Å². The minimum absolute atomic E-state index is 0.00279. The summed E-state index contributed by atoms with van der Waals surface area (Å²) in [5.41, 5.74) is 2.08. The molecule has 1 aliphatic carbocycles. The molecule has 0 bridgehead atoms. The highest BCUT2D eigenvalue weighted by molar-refractivity contribution is 5.93. The fourth-order valence-electron chi connectivity index (χ4n) is 3.72. The standard InChI is InChI=1S/C22H35N3O2/c1-16(2)19-8-5-6-9-20(19)24-22(27)18-12-10-17(11-13-18)21(26)23-14-7-15-25(3)4/h5-6,8-9,16-18H,7,10-15H2,1-4H3,(H,23,26)(H,24,27). The largest absolute Gasteiger partial charge is 0.356 e. The van der Waals surface area contributed by atoms with E-state index in [1.807, 2.05) is 32.3 Å². The highest BCUT2D eigenvalue weighted by Crippen LogP contribution is 2.31. The van der Waals surface area contributed by atoms with E-state index < -0.39 is 0 Å². The Morgan fingerprint density at radius 3 is 2.22 bits per heavy atom. The minimum atomic E-state index is 0.00279. The van der Waals surface area contributed by atoms with Crippen LogP contribution in [0.3, 0.4) is 0 Å². The van der Waals surface area contributed by atoms with Gasteiger partial charge in [-0.05, 0) is 70.3 Å². The van der Waals surface area contributed by atoms with E-state index in [1.165, 1.54) is 0 Å². The van der Waals surface area contributed by atoms with Crippen LogP contribution >= 0.6 is 0 Å². The van der Waals surface area contributed by atoms with Gasteiger partial charge in [-0.25, -0.2) is 0 Å². The first-order valence-corrected chi connectivity index (χ1v) is 10.2. The molecule has 0 heterocycles. The molecule has 0 spiro atoms. The van der Waals surface area contributed by atoms with Crippen molar-refractivity contribution in [2.45, 2.75) is 51.9 Å². The van der Waals surface area contributed by atoms with Gasteiger partial charge >= 0.3 is 0 Å². The Morgan fingerprint density at radius 2 is 1.63 bits per heavy atom. The number of hydrogen-bond acceptors (Lipinski definition) is 3. The van der Waals surface area contributed by atoms with Crippen LogP contribution in [0.25, 0.3) is 0 Å². The lowest BCUT2D eigenvalue weighted by molar-refractivity contribution is -0.128. The van der Waals surface area contributed by atoms with Crippen molar-refractivity contribution in [1.82, 2.24) is 10.2 Å². The maximum atomic E-state index is 12.7. The lowest BCUT2D eigenvalue weighted by atomic mass is 9.81. The Kier molecular flexibility index (Phi) is 8.29. The van der Waals surface area contributed by atoms with Crippen molar-refractivity contribution < 1.29 is 9.59 Å². The summed E-state index contributed by atoms with van der Waals surface area (Å²) in [6.07, 6.45) is 4.12. The molecular weight excluding hydrogens is 338 g/mol. The van der Waals surface area contributed by atoms with Crippen LogP contribution in [0.5, 0.6) is 0 Å². The monoisotopic (exact) mass is 373 g/mol. The van der Waals surface area contributed by atoms with Crippen molar-refractivity contribution >= 4 is 17.5 Å². The quantitative estimate of drug-likeness (QED) is 0.684. The Labute approximate surface area is 163 Å². The van der Waals surface area contributed by atoms with Crippen molar-refractivity contribution in [3.05, 3.63) is 29.8 Å². The molecule has 0 unspecified atom stereocenters. The molecule has 1 aliphatic rings. The lowest BCUT2D eigenvalue weighted by Crippen LogP contribution is -2.36. The predicted molar refractivity (Wildman–Crippen MR) is 111 cm³/mol. The molecule has 1 aromatic rings. The Balaban J connectivity index is 1.78. The van der Waals surface area contributed by atoms with Gasteiger partial charge in [0, 0.05) is 24.1 Å². The third kappa shape index (κ3) is 6.65. The number of benzene rings is 1. The fourth-order valence-corrected chi connectivity index (χ4v) is 3.72. The van der Waals surface area contributed by atoms with Crippen LogP contribution in [0, 0.1) is 11.8 Å². The van der Waals surface area contributed by atoms with E-state index in [1.54, 1.807) is 0 Å². The fraction of sp³-hybridized carbons (Fsp3) is 0.636. The molecule has 0 saturated heterocycles. The molecule has 2 rings (SSSR count). The third-order valence-corrected chi connectivity index (χ3v) is 5.39. The molecular formula is C22H35N3O2. The molecule has 1 aromatic carbocycles. The average molecular weight is 374 g/mol. The van der Waals surface area contributed by atoms with Crippen molar-refractivity contribution in [2.24, 2.45) is 11.8 Å². The first-order valence-electron chi connectivity index (χ1n) is 10.2. The summed E-state index contributed by atoms with van der Waals surface area (Å²) in [5.74, 6) is 0.665. The zero-order chi connectivity index (χ0) is 19.8. The zero-order valence-corrected chi connectivity index (χ0v) is 17.3. The molecule has 27 heavy (non-hydrogen) atoms. The predicted octanol–water partition coefficient (Wildman–Crippen LogP) is 3.62. The Morgan fingerprint density at radius 1 is 1.04 bits per heavy atom. The van der Waals surface area contributed by atoms with E-state index in [0.29, 0.717) is 5.92 Å². The number of amides is 2. The van der Waals surface area contributed by atoms with Crippen LogP contribution in [0.2, 0.25) is 0 Å². The number of rotatable bonds is 8. The van der Waals surface area contributed by atoms with E-state index in [9.17, 15) is 9.59 Å². The molecule has 2 amide bonds. The van der Waals surface area contributed by atoms with E-state index in [2.05, 4.69) is 35.4 Å². The highest BCUT2D eigenvalue weighted by atomic mass is 16.2. The SMILES string of the molecule is CC(C)c1ccccc1NC(=O)C1CCC(C(=O)NCCCN(C)C)CC1. The van der Waals surface area contributed by atoms with E-state index in [4.69, 9.17) is 0 Å². The van der Waals surface area contributed by atoms with Gasteiger partial charge in [0.2, 0.25) is 11.8 Å². The van der Waals surface area contributed by atoms with Crippen LogP contribution in [0.15, 0.2) is 24.3 Å². The second kappa shape index (κ2) is 10.5. The van der Waals surface area contributed by atoms with Gasteiger partial charge in [-0.2, -0.15) is 0 Å². The summed E-state index contributed by atoms with van der Waals surface area (Å²) in [6.45, 7) is 5.97. The molecule has 2 N–H and O–H groups in total. The van der Waals surface area contributed by atoms with E-state index >= 15 is 0 Å². The van der Waals surface area contributed by atoms with Gasteiger partial charge in [-0.15, -0.1) is 0 Å². The van der Waals surface area contributed by atoms with E-state index in [0.717, 1.165) is 56.4 Å². The summed E-state index contributed by atoms with van der Waals surface area (Å²) in [5, 5.41) is 6.16. The Hall–Kier alpha value is -1.88. The highest BCUT2D eigenvalue weighted by Gasteiger charge is 2.30. The van der Waals surface area contributed by atoms with Crippen LogP contribution in [0.4, 0.5) is 5.69 Å². The van der Waals surface area contributed by atoms with Gasteiger partial charge in [0.1, 0.15) is 0 Å². The minimum Gasteiger partial charge on any atom is -0.356 e. The summed E-state index contributed by atoms with van der Waals surface area (Å²) in [6, 6.07) is 8.00.